The van der Waals surface area contributed by atoms with Gasteiger partial charge >= 0.3 is 5.97 Å². The number of rotatable bonds is 8. The van der Waals surface area contributed by atoms with Gasteiger partial charge in [0.15, 0.2) is 0 Å². The van der Waals surface area contributed by atoms with Gasteiger partial charge < -0.3 is 10.2 Å². The van der Waals surface area contributed by atoms with Gasteiger partial charge in [-0.2, -0.15) is 0 Å². The highest BCUT2D eigenvalue weighted by Gasteiger charge is 2.18. The van der Waals surface area contributed by atoms with Crippen LogP contribution in [-0.4, -0.2) is 21.8 Å². The monoisotopic (exact) mass is 406 g/mol. The minimum Gasteiger partial charge on any atom is -0.478 e. The molecule has 0 radical (unpaired) electrons. The molecule has 2 N–H and O–H groups in total. The van der Waals surface area contributed by atoms with E-state index in [0.29, 0.717) is 24.3 Å². The summed E-state index contributed by atoms with van der Waals surface area (Å²) in [5.74, 6) is 5.78. The third-order valence-corrected chi connectivity index (χ3v) is 6.12. The van der Waals surface area contributed by atoms with Crippen LogP contribution >= 0.6 is 0 Å². The fraction of sp³-hybridized carbons (Fsp3) is 0.444. The zero-order chi connectivity index (χ0) is 22.3. The summed E-state index contributed by atoms with van der Waals surface area (Å²) < 4.78 is 0. The summed E-state index contributed by atoms with van der Waals surface area (Å²) in [5, 5.41) is 19.6. The van der Waals surface area contributed by atoms with Crippen molar-refractivity contribution in [2.45, 2.75) is 78.2 Å². The van der Waals surface area contributed by atoms with E-state index in [9.17, 15) is 15.0 Å². The molecule has 0 fully saturated rings. The second-order valence-corrected chi connectivity index (χ2v) is 8.16. The number of benzene rings is 2. The van der Waals surface area contributed by atoms with E-state index in [-0.39, 0.29) is 0 Å². The standard InChI is InChI=1S/C27H34O3/c1-6-22(11-9-21-10-14-25(26(28)29)20(5)17-21)24-13-12-23(19(4)18-24)15-16-27(30,7-2)8-3/h10,12-14,17-18,22,30H,6-9,11H2,1-5H3,(H,28,29). The molecule has 0 aliphatic carbocycles. The second-order valence-electron chi connectivity index (χ2n) is 8.16. The molecule has 3 nitrogen and oxygen atoms in total. The number of aromatic carboxylic acids is 1. The van der Waals surface area contributed by atoms with Crippen molar-refractivity contribution in [2.24, 2.45) is 0 Å². The van der Waals surface area contributed by atoms with E-state index in [1.807, 2.05) is 32.9 Å². The normalized spacial score (nSPS) is 12.2. The van der Waals surface area contributed by atoms with Crippen molar-refractivity contribution in [3.05, 3.63) is 69.8 Å². The Morgan fingerprint density at radius 3 is 2.27 bits per heavy atom. The summed E-state index contributed by atoms with van der Waals surface area (Å²) in [6, 6.07) is 12.1. The van der Waals surface area contributed by atoms with Gasteiger partial charge in [-0.15, -0.1) is 0 Å². The van der Waals surface area contributed by atoms with Gasteiger partial charge in [0.2, 0.25) is 0 Å². The van der Waals surface area contributed by atoms with Gasteiger partial charge in [0.25, 0.3) is 0 Å². The van der Waals surface area contributed by atoms with Crippen LogP contribution in [0.2, 0.25) is 0 Å². The highest BCUT2D eigenvalue weighted by Crippen LogP contribution is 2.27. The average molecular weight is 407 g/mol. The maximum Gasteiger partial charge on any atom is 0.335 e. The molecule has 0 amide bonds. The van der Waals surface area contributed by atoms with Crippen LogP contribution in [0.15, 0.2) is 36.4 Å². The number of carboxylic acids is 1. The maximum absolute atomic E-state index is 11.2. The Morgan fingerprint density at radius 2 is 1.73 bits per heavy atom. The quantitative estimate of drug-likeness (QED) is 0.526. The molecule has 30 heavy (non-hydrogen) atoms. The van der Waals surface area contributed by atoms with E-state index in [0.717, 1.165) is 36.0 Å². The molecule has 2 aromatic carbocycles. The van der Waals surface area contributed by atoms with E-state index in [1.165, 1.54) is 11.1 Å². The summed E-state index contributed by atoms with van der Waals surface area (Å²) in [6.07, 6.45) is 4.22. The zero-order valence-corrected chi connectivity index (χ0v) is 18.9. The molecule has 0 saturated heterocycles. The van der Waals surface area contributed by atoms with Crippen LogP contribution in [0.1, 0.15) is 90.5 Å². The van der Waals surface area contributed by atoms with Gasteiger partial charge in [-0.1, -0.05) is 56.9 Å². The lowest BCUT2D eigenvalue weighted by molar-refractivity contribution is 0.0696. The number of carboxylic acid groups (broad SMARTS) is 1. The van der Waals surface area contributed by atoms with Gasteiger partial charge in [0.05, 0.1) is 5.56 Å². The minimum absolute atomic E-state index is 0.371. The van der Waals surface area contributed by atoms with Crippen LogP contribution in [-0.2, 0) is 6.42 Å². The molecule has 1 unspecified atom stereocenters. The summed E-state index contributed by atoms with van der Waals surface area (Å²) >= 11 is 0. The van der Waals surface area contributed by atoms with Gasteiger partial charge in [-0.05, 0) is 86.3 Å². The first-order valence-corrected chi connectivity index (χ1v) is 10.9. The van der Waals surface area contributed by atoms with Crippen LogP contribution in [0, 0.1) is 25.7 Å². The number of carbonyl (C=O) groups is 1. The highest BCUT2D eigenvalue weighted by molar-refractivity contribution is 5.89. The summed E-state index contributed by atoms with van der Waals surface area (Å²) in [5.41, 5.74) is 4.85. The summed E-state index contributed by atoms with van der Waals surface area (Å²) in [6.45, 7) is 10.0. The van der Waals surface area contributed by atoms with E-state index in [4.69, 9.17) is 0 Å². The van der Waals surface area contributed by atoms with Crippen LogP contribution in [0.3, 0.4) is 0 Å². The van der Waals surface area contributed by atoms with Gasteiger partial charge in [-0.3, -0.25) is 0 Å². The Labute approximate surface area is 181 Å². The molecular weight excluding hydrogens is 372 g/mol. The van der Waals surface area contributed by atoms with E-state index in [2.05, 4.69) is 43.9 Å². The molecule has 0 heterocycles. The predicted octanol–water partition coefficient (Wildman–Crippen LogP) is 6.03. The van der Waals surface area contributed by atoms with Crippen LogP contribution < -0.4 is 0 Å². The summed E-state index contributed by atoms with van der Waals surface area (Å²) in [7, 11) is 0. The fourth-order valence-corrected chi connectivity index (χ4v) is 3.76. The lowest BCUT2D eigenvalue weighted by Crippen LogP contribution is -2.23. The second kappa shape index (κ2) is 10.5. The molecule has 0 aromatic heterocycles. The Hall–Kier alpha value is -2.57. The van der Waals surface area contributed by atoms with Crippen molar-refractivity contribution in [3.63, 3.8) is 0 Å². The smallest absolute Gasteiger partial charge is 0.335 e. The maximum atomic E-state index is 11.2. The van der Waals surface area contributed by atoms with Crippen molar-refractivity contribution < 1.29 is 15.0 Å². The Bertz CT molecular complexity index is 942. The van der Waals surface area contributed by atoms with E-state index >= 15 is 0 Å². The van der Waals surface area contributed by atoms with Crippen LogP contribution in [0.5, 0.6) is 0 Å². The molecule has 0 bridgehead atoms. The largest absolute Gasteiger partial charge is 0.478 e. The molecule has 2 aromatic rings. The van der Waals surface area contributed by atoms with E-state index in [1.54, 1.807) is 6.07 Å². The average Bonchev–Trinajstić information content (AvgIpc) is 2.73. The first kappa shape index (κ1) is 23.7. The molecule has 0 saturated carbocycles. The predicted molar refractivity (Wildman–Crippen MR) is 123 cm³/mol. The van der Waals surface area contributed by atoms with Crippen LogP contribution in [0.25, 0.3) is 0 Å². The molecule has 1 atom stereocenters. The molecular formula is C27H34O3. The number of aryl methyl sites for hydroxylation is 3. The molecule has 0 spiro atoms. The van der Waals surface area contributed by atoms with Crippen molar-refractivity contribution in [2.75, 3.05) is 0 Å². The number of hydrogen-bond donors (Lipinski definition) is 2. The third-order valence-electron chi connectivity index (χ3n) is 6.12. The van der Waals surface area contributed by atoms with Crippen molar-refractivity contribution in [1.82, 2.24) is 0 Å². The molecule has 0 aliphatic rings. The SMILES string of the molecule is CCC(CCc1ccc(C(=O)O)c(C)c1)c1ccc(C#CC(O)(CC)CC)c(C)c1. The third kappa shape index (κ3) is 5.97. The van der Waals surface area contributed by atoms with Crippen molar-refractivity contribution in [1.29, 1.82) is 0 Å². The topological polar surface area (TPSA) is 57.5 Å². The summed E-state index contributed by atoms with van der Waals surface area (Å²) in [4.78, 5) is 11.2. The van der Waals surface area contributed by atoms with Crippen LogP contribution in [0.4, 0.5) is 0 Å². The Morgan fingerprint density at radius 1 is 1.03 bits per heavy atom. The van der Waals surface area contributed by atoms with Gasteiger partial charge in [0.1, 0.15) is 5.60 Å². The van der Waals surface area contributed by atoms with Gasteiger partial charge in [-0.25, -0.2) is 4.79 Å². The van der Waals surface area contributed by atoms with Gasteiger partial charge in [0, 0.05) is 5.56 Å². The first-order chi connectivity index (χ1) is 14.2. The molecule has 0 aliphatic heterocycles. The molecule has 2 rings (SSSR count). The zero-order valence-electron chi connectivity index (χ0n) is 18.9. The Balaban J connectivity index is 2.14. The highest BCUT2D eigenvalue weighted by atomic mass is 16.4. The molecule has 3 heteroatoms. The number of aliphatic hydroxyl groups is 1. The fourth-order valence-electron chi connectivity index (χ4n) is 3.76. The number of hydrogen-bond acceptors (Lipinski definition) is 2. The first-order valence-electron chi connectivity index (χ1n) is 10.9. The minimum atomic E-state index is -0.911. The van der Waals surface area contributed by atoms with Crippen molar-refractivity contribution in [3.8, 4) is 11.8 Å². The van der Waals surface area contributed by atoms with Crippen molar-refractivity contribution >= 4 is 5.97 Å². The van der Waals surface area contributed by atoms with E-state index < -0.39 is 11.6 Å². The lowest BCUT2D eigenvalue weighted by Gasteiger charge is -2.18. The Kier molecular flexibility index (Phi) is 8.26. The lowest BCUT2D eigenvalue weighted by atomic mass is 9.88. The molecule has 160 valence electrons.